The molecule has 2 amide bonds. The van der Waals surface area contributed by atoms with Gasteiger partial charge in [0.15, 0.2) is 6.23 Å². The van der Waals surface area contributed by atoms with Gasteiger partial charge in [0.05, 0.1) is 0 Å². The Kier molecular flexibility index (Phi) is 8.36. The van der Waals surface area contributed by atoms with E-state index in [0.29, 0.717) is 12.5 Å². The number of hydrogen-bond acceptors (Lipinski definition) is 3. The molecule has 0 saturated carbocycles. The highest BCUT2D eigenvalue weighted by Crippen LogP contribution is 2.19. The summed E-state index contributed by atoms with van der Waals surface area (Å²) in [5.74, 6) is 1.22. The quantitative estimate of drug-likeness (QED) is 0.485. The van der Waals surface area contributed by atoms with Crippen LogP contribution in [0.5, 0.6) is 5.75 Å². The molecule has 0 aliphatic carbocycles. The van der Waals surface area contributed by atoms with Crippen LogP contribution in [0.3, 0.4) is 0 Å². The molecule has 3 N–H and O–H groups in total. The maximum atomic E-state index is 11.7. The lowest BCUT2D eigenvalue weighted by Gasteiger charge is -2.17. The van der Waals surface area contributed by atoms with Gasteiger partial charge in [-0.25, -0.2) is 4.79 Å². The number of unbranched alkanes of at least 4 members (excludes halogenated alkanes) is 2. The van der Waals surface area contributed by atoms with Crippen molar-refractivity contribution in [3.05, 3.63) is 29.8 Å². The summed E-state index contributed by atoms with van der Waals surface area (Å²) in [7, 11) is 0. The second-order valence-electron chi connectivity index (χ2n) is 5.67. The van der Waals surface area contributed by atoms with Crippen LogP contribution in [0.1, 0.15) is 51.5 Å². The molecule has 0 aromatic heterocycles. The molecule has 0 aliphatic heterocycles. The highest BCUT2D eigenvalue weighted by atomic mass is 16.5. The number of hydrogen-bond donors (Lipinski definition) is 3. The maximum absolute atomic E-state index is 11.7. The number of amides is 2. The minimum absolute atomic E-state index is 0.201. The summed E-state index contributed by atoms with van der Waals surface area (Å²) in [6.45, 7) is 6.88. The summed E-state index contributed by atoms with van der Waals surface area (Å²) in [6.07, 6.45) is 2.14. The van der Waals surface area contributed by atoms with Gasteiger partial charge in [-0.2, -0.15) is 0 Å². The molecule has 5 nitrogen and oxygen atoms in total. The number of carbonyl (C=O) groups excluding carboxylic acids is 1. The molecule has 1 atom stereocenters. The van der Waals surface area contributed by atoms with Gasteiger partial charge < -0.3 is 20.5 Å². The largest absolute Gasteiger partial charge is 0.471 e. The van der Waals surface area contributed by atoms with Gasteiger partial charge in [0.25, 0.3) is 0 Å². The van der Waals surface area contributed by atoms with Crippen molar-refractivity contribution in [2.75, 3.05) is 13.2 Å². The fraction of sp³-hybridized carbons (Fsp3) is 0.588. The third-order valence-electron chi connectivity index (χ3n) is 3.31. The monoisotopic (exact) mass is 308 g/mol. The first-order chi connectivity index (χ1) is 10.5. The number of urea groups is 1. The summed E-state index contributed by atoms with van der Waals surface area (Å²) >= 11 is 0. The van der Waals surface area contributed by atoms with E-state index in [0.717, 1.165) is 25.0 Å². The van der Waals surface area contributed by atoms with Crippen LogP contribution in [0.15, 0.2) is 24.3 Å². The summed E-state index contributed by atoms with van der Waals surface area (Å²) in [5.41, 5.74) is 1.26. The molecular formula is C17H28N2O3. The number of carbonyl (C=O) groups is 1. The normalized spacial score (nSPS) is 12.0. The van der Waals surface area contributed by atoms with Crippen molar-refractivity contribution in [2.45, 2.75) is 52.2 Å². The Balaban J connectivity index is 2.27. The fourth-order valence-electron chi connectivity index (χ4n) is 2.02. The van der Waals surface area contributed by atoms with E-state index in [-0.39, 0.29) is 12.6 Å². The summed E-state index contributed by atoms with van der Waals surface area (Å²) < 4.78 is 5.66. The third-order valence-corrected chi connectivity index (χ3v) is 3.31. The van der Waals surface area contributed by atoms with Crippen molar-refractivity contribution in [2.24, 2.45) is 0 Å². The van der Waals surface area contributed by atoms with Gasteiger partial charge >= 0.3 is 6.03 Å². The number of ether oxygens (including phenoxy) is 1. The van der Waals surface area contributed by atoms with Gasteiger partial charge in [-0.3, -0.25) is 0 Å². The van der Waals surface area contributed by atoms with Crippen LogP contribution < -0.4 is 15.4 Å². The Labute approximate surface area is 133 Å². The first-order valence-electron chi connectivity index (χ1n) is 7.94. The van der Waals surface area contributed by atoms with Gasteiger partial charge in [-0.1, -0.05) is 26.0 Å². The molecule has 0 spiro atoms. The van der Waals surface area contributed by atoms with Crippen molar-refractivity contribution in [1.29, 1.82) is 0 Å². The van der Waals surface area contributed by atoms with Gasteiger partial charge in [-0.15, -0.1) is 0 Å². The first-order valence-corrected chi connectivity index (χ1v) is 7.94. The zero-order chi connectivity index (χ0) is 16.4. The lowest BCUT2D eigenvalue weighted by atomic mass is 10.0. The third kappa shape index (κ3) is 7.31. The van der Waals surface area contributed by atoms with Crippen molar-refractivity contribution in [3.8, 4) is 5.75 Å². The average Bonchev–Trinajstić information content (AvgIpc) is 2.47. The Morgan fingerprint density at radius 1 is 1.14 bits per heavy atom. The van der Waals surface area contributed by atoms with E-state index in [2.05, 4.69) is 24.5 Å². The molecule has 5 heteroatoms. The molecule has 0 aliphatic rings. The standard InChI is InChI=1S/C17H28N2O3/c1-13(2)15-7-9-16(10-8-15)22-14(3)19-17(21)18-11-5-4-6-12-20/h7-10,13-14,20H,4-6,11-12H2,1-3H3,(H2,18,19,21). The number of nitrogens with one attached hydrogen (secondary N) is 2. The summed E-state index contributed by atoms with van der Waals surface area (Å²) in [6, 6.07) is 7.66. The van der Waals surface area contributed by atoms with Crippen LogP contribution in [0, 0.1) is 0 Å². The maximum Gasteiger partial charge on any atom is 0.317 e. The molecule has 124 valence electrons. The number of rotatable bonds is 9. The first kappa shape index (κ1) is 18.3. The van der Waals surface area contributed by atoms with E-state index < -0.39 is 6.23 Å². The Morgan fingerprint density at radius 3 is 2.41 bits per heavy atom. The molecule has 0 heterocycles. The average molecular weight is 308 g/mol. The molecule has 1 aromatic rings. The molecule has 0 radical (unpaired) electrons. The Morgan fingerprint density at radius 2 is 1.82 bits per heavy atom. The van der Waals surface area contributed by atoms with Crippen molar-refractivity contribution in [1.82, 2.24) is 10.6 Å². The zero-order valence-corrected chi connectivity index (χ0v) is 13.8. The molecule has 1 unspecified atom stereocenters. The van der Waals surface area contributed by atoms with Crippen LogP contribution in [0.4, 0.5) is 4.79 Å². The van der Waals surface area contributed by atoms with Gasteiger partial charge in [-0.05, 0) is 49.8 Å². The van der Waals surface area contributed by atoms with E-state index >= 15 is 0 Å². The smallest absolute Gasteiger partial charge is 0.317 e. The fourth-order valence-corrected chi connectivity index (χ4v) is 2.02. The van der Waals surface area contributed by atoms with E-state index in [4.69, 9.17) is 9.84 Å². The van der Waals surface area contributed by atoms with Gasteiger partial charge in [0.2, 0.25) is 0 Å². The van der Waals surface area contributed by atoms with Crippen LogP contribution in [-0.2, 0) is 0 Å². The van der Waals surface area contributed by atoms with Crippen molar-refractivity contribution < 1.29 is 14.6 Å². The molecule has 1 rings (SSSR count). The van der Waals surface area contributed by atoms with Crippen molar-refractivity contribution >= 4 is 6.03 Å². The molecule has 0 bridgehead atoms. The summed E-state index contributed by atoms with van der Waals surface area (Å²) in [5, 5.41) is 14.2. The number of benzene rings is 1. The van der Waals surface area contributed by atoms with E-state index in [9.17, 15) is 4.79 Å². The van der Waals surface area contributed by atoms with Crippen LogP contribution in [-0.4, -0.2) is 30.5 Å². The van der Waals surface area contributed by atoms with Crippen LogP contribution in [0.2, 0.25) is 0 Å². The van der Waals surface area contributed by atoms with Crippen molar-refractivity contribution in [3.63, 3.8) is 0 Å². The Bertz CT molecular complexity index is 432. The lowest BCUT2D eigenvalue weighted by Crippen LogP contribution is -2.43. The molecule has 0 saturated heterocycles. The summed E-state index contributed by atoms with van der Waals surface area (Å²) in [4.78, 5) is 11.7. The second-order valence-corrected chi connectivity index (χ2v) is 5.67. The number of aliphatic hydroxyl groups is 1. The van der Waals surface area contributed by atoms with Gasteiger partial charge in [0.1, 0.15) is 5.75 Å². The van der Waals surface area contributed by atoms with E-state index in [1.165, 1.54) is 5.56 Å². The highest BCUT2D eigenvalue weighted by Gasteiger charge is 2.08. The topological polar surface area (TPSA) is 70.6 Å². The SMILES string of the molecule is CC(NC(=O)NCCCCCO)Oc1ccc(C(C)C)cc1. The molecular weight excluding hydrogens is 280 g/mol. The zero-order valence-electron chi connectivity index (χ0n) is 13.8. The molecule has 22 heavy (non-hydrogen) atoms. The van der Waals surface area contributed by atoms with Crippen LogP contribution >= 0.6 is 0 Å². The van der Waals surface area contributed by atoms with Gasteiger partial charge in [0, 0.05) is 13.2 Å². The molecule has 1 aromatic carbocycles. The predicted octanol–water partition coefficient (Wildman–Crippen LogP) is 3.00. The highest BCUT2D eigenvalue weighted by molar-refractivity contribution is 5.73. The molecule has 0 fully saturated rings. The van der Waals surface area contributed by atoms with Crippen LogP contribution in [0.25, 0.3) is 0 Å². The predicted molar refractivity (Wildman–Crippen MR) is 88.1 cm³/mol. The minimum Gasteiger partial charge on any atom is -0.471 e. The van der Waals surface area contributed by atoms with E-state index in [1.807, 2.05) is 24.3 Å². The minimum atomic E-state index is -0.401. The lowest BCUT2D eigenvalue weighted by molar-refractivity contribution is 0.177. The second kappa shape index (κ2) is 10.1. The van der Waals surface area contributed by atoms with E-state index in [1.54, 1.807) is 6.92 Å². The number of aliphatic hydroxyl groups excluding tert-OH is 1. The Hall–Kier alpha value is -1.75.